The van der Waals surface area contributed by atoms with E-state index >= 15 is 0 Å². The van der Waals surface area contributed by atoms with E-state index in [0.29, 0.717) is 81.3 Å². The van der Waals surface area contributed by atoms with Crippen LogP contribution in [-0.4, -0.2) is 140 Å². The molecule has 2 saturated heterocycles. The van der Waals surface area contributed by atoms with Gasteiger partial charge in [-0.1, -0.05) is 11.6 Å². The standard InChI is InChI=1S/C22H30F2N6O3.C14H16ClF2N5.C8H15NO3/c1-14-7-10-30(28-14)19-26-17(25-15-5-8-22(23,24)9-6-15)11-18(27-19)32-16-12-29(13-16)20(31)33-21(2,3)4;1-9-4-7-22(21-9)13-19-11(15)8-12(20-13)18-10-2-5-14(16,17)6-3-10;1-8(2,3)12-7(11)9-4-6(10)5-9/h7,10-11,15-16H,5-6,8-9,12-13H2,1-4H3,(H,25,26,27);4,7-8,10H,2-3,5-6H2,1H3,(H,18,19,20);6,10H,4-5H2,1-3H3. The summed E-state index contributed by atoms with van der Waals surface area (Å²) < 4.78 is 72.9. The van der Waals surface area contributed by atoms with Crippen molar-refractivity contribution in [2.45, 2.75) is 154 Å². The molecule has 368 valence electrons. The molecule has 4 fully saturated rings. The Labute approximate surface area is 392 Å². The maximum absolute atomic E-state index is 13.5. The van der Waals surface area contributed by atoms with Gasteiger partial charge < -0.3 is 39.8 Å². The number of amides is 2. The van der Waals surface area contributed by atoms with Crippen molar-refractivity contribution in [3.05, 3.63) is 53.2 Å². The number of carbonyl (C=O) groups is 2. The molecule has 0 unspecified atom stereocenters. The second-order valence-corrected chi connectivity index (χ2v) is 19.7. The lowest BCUT2D eigenvalue weighted by atomic mass is 9.92. The van der Waals surface area contributed by atoms with Gasteiger partial charge in [0.15, 0.2) is 0 Å². The van der Waals surface area contributed by atoms with Gasteiger partial charge in [-0.15, -0.1) is 0 Å². The number of nitrogens with zero attached hydrogens (tertiary/aromatic N) is 10. The zero-order valence-corrected chi connectivity index (χ0v) is 39.9. The number of nitrogens with one attached hydrogen (secondary N) is 2. The number of carbonyl (C=O) groups excluding carboxylic acids is 2. The average molecular weight is 965 g/mol. The molecule has 23 heteroatoms. The predicted molar refractivity (Wildman–Crippen MR) is 240 cm³/mol. The van der Waals surface area contributed by atoms with Gasteiger partial charge in [-0.25, -0.2) is 36.5 Å². The fourth-order valence-corrected chi connectivity index (χ4v) is 7.34. The Morgan fingerprint density at radius 1 is 0.687 bits per heavy atom. The Bertz CT molecular complexity index is 2290. The molecule has 0 aromatic carbocycles. The smallest absolute Gasteiger partial charge is 0.410 e. The molecule has 3 N–H and O–H groups in total. The summed E-state index contributed by atoms with van der Waals surface area (Å²) in [6.07, 6.45) is 3.20. The highest BCUT2D eigenvalue weighted by molar-refractivity contribution is 6.29. The number of hydrogen-bond acceptors (Lipinski definition) is 14. The Morgan fingerprint density at radius 3 is 1.51 bits per heavy atom. The van der Waals surface area contributed by atoms with E-state index in [1.165, 1.54) is 14.3 Å². The molecule has 6 heterocycles. The van der Waals surface area contributed by atoms with Crippen molar-refractivity contribution >= 4 is 35.4 Å². The summed E-state index contributed by atoms with van der Waals surface area (Å²) in [7, 11) is 0. The minimum Gasteiger partial charge on any atom is -0.470 e. The van der Waals surface area contributed by atoms with Crippen molar-refractivity contribution in [1.82, 2.24) is 49.3 Å². The molecule has 18 nitrogen and oxygen atoms in total. The van der Waals surface area contributed by atoms with E-state index in [9.17, 15) is 27.2 Å². The monoisotopic (exact) mass is 964 g/mol. The number of aromatic nitrogens is 8. The number of aliphatic hydroxyl groups excluding tert-OH is 1. The highest BCUT2D eigenvalue weighted by Crippen LogP contribution is 2.36. The molecule has 0 atom stereocenters. The lowest BCUT2D eigenvalue weighted by Gasteiger charge is -2.39. The second kappa shape index (κ2) is 20.8. The van der Waals surface area contributed by atoms with Gasteiger partial charge in [0.05, 0.1) is 43.7 Å². The molecule has 8 rings (SSSR count). The molecule has 2 amide bonds. The first kappa shape index (κ1) is 50.9. The van der Waals surface area contributed by atoms with Crippen molar-refractivity contribution in [2.24, 2.45) is 0 Å². The minimum atomic E-state index is -2.60. The van der Waals surface area contributed by atoms with E-state index in [2.05, 4.69) is 40.8 Å². The van der Waals surface area contributed by atoms with Gasteiger partial charge in [0.2, 0.25) is 17.7 Å². The van der Waals surface area contributed by atoms with Crippen molar-refractivity contribution in [1.29, 1.82) is 0 Å². The van der Waals surface area contributed by atoms with Crippen molar-refractivity contribution in [3.8, 4) is 17.8 Å². The van der Waals surface area contributed by atoms with Gasteiger partial charge in [0.1, 0.15) is 34.1 Å². The molecule has 2 saturated carbocycles. The van der Waals surface area contributed by atoms with Gasteiger partial charge in [-0.3, -0.25) is 0 Å². The number of hydrogen-bond donors (Lipinski definition) is 3. The molecular weight excluding hydrogens is 904 g/mol. The van der Waals surface area contributed by atoms with Crippen LogP contribution in [0, 0.1) is 13.8 Å². The Hall–Kier alpha value is -5.51. The number of halogens is 5. The Kier molecular flexibility index (Phi) is 15.8. The van der Waals surface area contributed by atoms with Crippen LogP contribution in [0.4, 0.5) is 38.8 Å². The Morgan fingerprint density at radius 2 is 1.10 bits per heavy atom. The maximum Gasteiger partial charge on any atom is 0.410 e. The molecular formula is C44H61ClF4N12O6. The van der Waals surface area contributed by atoms with Gasteiger partial charge in [-0.05, 0) is 93.2 Å². The van der Waals surface area contributed by atoms with E-state index in [1.807, 2.05) is 67.5 Å². The van der Waals surface area contributed by atoms with Gasteiger partial charge in [0, 0.05) is 62.3 Å². The first-order chi connectivity index (χ1) is 31.2. The molecule has 2 aliphatic heterocycles. The summed E-state index contributed by atoms with van der Waals surface area (Å²) >= 11 is 6.02. The first-order valence-electron chi connectivity index (χ1n) is 22.3. The number of rotatable bonds is 8. The number of aliphatic hydroxyl groups is 1. The fraction of sp³-hybridized carbons (Fsp3) is 0.636. The summed E-state index contributed by atoms with van der Waals surface area (Å²) in [6.45, 7) is 16.2. The average Bonchev–Trinajstić information content (AvgIpc) is 3.83. The summed E-state index contributed by atoms with van der Waals surface area (Å²) in [4.78, 5) is 43.8. The SMILES string of the molecule is CC(C)(C)OC(=O)N1CC(O)C1.Cc1ccn(-c2nc(Cl)cc(NC3CCC(F)(F)CC3)n2)n1.Cc1ccn(-c2nc(NC3CCC(F)(F)CC3)cc(OC3CN(C(=O)OC(C)(C)C)C3)n2)n1. The number of ether oxygens (including phenoxy) is 3. The van der Waals surface area contributed by atoms with E-state index in [0.717, 1.165) is 11.4 Å². The van der Waals surface area contributed by atoms with Crippen LogP contribution in [-0.2, 0) is 9.47 Å². The quantitative estimate of drug-likeness (QED) is 0.113. The van der Waals surface area contributed by atoms with Gasteiger partial charge in [-0.2, -0.15) is 30.1 Å². The van der Waals surface area contributed by atoms with Crippen LogP contribution >= 0.6 is 11.6 Å². The second-order valence-electron chi connectivity index (χ2n) is 19.3. The number of aryl methyl sites for hydroxylation is 2. The highest BCUT2D eigenvalue weighted by Gasteiger charge is 2.38. The molecule has 67 heavy (non-hydrogen) atoms. The van der Waals surface area contributed by atoms with E-state index < -0.39 is 23.0 Å². The molecule has 0 bridgehead atoms. The van der Waals surface area contributed by atoms with E-state index in [1.54, 1.807) is 29.4 Å². The molecule has 2 aliphatic carbocycles. The molecule has 4 aromatic heterocycles. The highest BCUT2D eigenvalue weighted by atomic mass is 35.5. The predicted octanol–water partition coefficient (Wildman–Crippen LogP) is 8.17. The van der Waals surface area contributed by atoms with E-state index in [-0.39, 0.29) is 67.3 Å². The van der Waals surface area contributed by atoms with Crippen LogP contribution in [0.5, 0.6) is 5.88 Å². The molecule has 4 aromatic rings. The largest absolute Gasteiger partial charge is 0.470 e. The Balaban J connectivity index is 0.000000186. The third kappa shape index (κ3) is 15.8. The lowest BCUT2D eigenvalue weighted by Crippen LogP contribution is -2.57. The molecule has 0 radical (unpaired) electrons. The van der Waals surface area contributed by atoms with Crippen LogP contribution < -0.4 is 15.4 Å². The third-order valence-corrected chi connectivity index (χ3v) is 10.9. The number of alkyl halides is 4. The van der Waals surface area contributed by atoms with Crippen molar-refractivity contribution in [3.63, 3.8) is 0 Å². The maximum atomic E-state index is 13.5. The molecule has 4 aliphatic rings. The van der Waals surface area contributed by atoms with Gasteiger partial charge in [0.25, 0.3) is 11.9 Å². The number of likely N-dealkylation sites (tertiary alicyclic amines) is 2. The van der Waals surface area contributed by atoms with Crippen LogP contribution in [0.15, 0.2) is 36.7 Å². The zero-order chi connectivity index (χ0) is 48.9. The van der Waals surface area contributed by atoms with Crippen LogP contribution in [0.2, 0.25) is 5.15 Å². The zero-order valence-electron chi connectivity index (χ0n) is 39.1. The number of β-amino-alcohol motifs (C(OH)–C–C–N with tert-alkyl or cyclic N) is 1. The summed E-state index contributed by atoms with van der Waals surface area (Å²) in [6, 6.07) is 6.78. The topological polar surface area (TPSA) is 200 Å². The number of anilines is 2. The lowest BCUT2D eigenvalue weighted by molar-refractivity contribution is -0.0366. The van der Waals surface area contributed by atoms with Crippen molar-refractivity contribution < 1.29 is 46.5 Å². The summed E-state index contributed by atoms with van der Waals surface area (Å²) in [5, 5.41) is 24.2. The summed E-state index contributed by atoms with van der Waals surface area (Å²) in [5.41, 5.74) is 0.641. The van der Waals surface area contributed by atoms with Crippen LogP contribution in [0.1, 0.15) is 104 Å². The van der Waals surface area contributed by atoms with Crippen molar-refractivity contribution in [2.75, 3.05) is 36.8 Å². The summed E-state index contributed by atoms with van der Waals surface area (Å²) in [5.74, 6) is -3.14. The van der Waals surface area contributed by atoms with Crippen LogP contribution in [0.25, 0.3) is 11.9 Å². The van der Waals surface area contributed by atoms with Gasteiger partial charge >= 0.3 is 12.2 Å². The molecule has 0 spiro atoms. The minimum absolute atomic E-state index is 0.0298. The van der Waals surface area contributed by atoms with Crippen LogP contribution in [0.3, 0.4) is 0 Å². The fourth-order valence-electron chi connectivity index (χ4n) is 7.16. The van der Waals surface area contributed by atoms with E-state index in [4.69, 9.17) is 30.9 Å². The normalized spacial score (nSPS) is 18.8. The third-order valence-electron chi connectivity index (χ3n) is 10.7. The first-order valence-corrected chi connectivity index (χ1v) is 22.7.